The van der Waals surface area contributed by atoms with Crippen molar-refractivity contribution in [1.29, 1.82) is 0 Å². The lowest BCUT2D eigenvalue weighted by molar-refractivity contribution is -0.119. The molecule has 3 heteroatoms. The SMILES string of the molecule is CCC(C)(Br)C(N)=O. The normalized spacial score (nSPS) is 17.4. The maximum atomic E-state index is 10.4. The highest BCUT2D eigenvalue weighted by molar-refractivity contribution is 9.10. The minimum absolute atomic E-state index is 0.306. The van der Waals surface area contributed by atoms with Crippen molar-refractivity contribution < 1.29 is 4.79 Å². The molecule has 0 aliphatic rings. The number of halogens is 1. The van der Waals surface area contributed by atoms with Crippen molar-refractivity contribution in [3.05, 3.63) is 0 Å². The summed E-state index contributed by atoms with van der Waals surface area (Å²) in [5.74, 6) is -0.306. The van der Waals surface area contributed by atoms with Crippen LogP contribution in [-0.4, -0.2) is 10.2 Å². The van der Waals surface area contributed by atoms with Crippen molar-refractivity contribution in [2.45, 2.75) is 24.6 Å². The van der Waals surface area contributed by atoms with Gasteiger partial charge in [-0.05, 0) is 13.3 Å². The maximum Gasteiger partial charge on any atom is 0.234 e. The molecule has 0 radical (unpaired) electrons. The molecule has 0 heterocycles. The van der Waals surface area contributed by atoms with Crippen LogP contribution in [0.25, 0.3) is 0 Å². The first kappa shape index (κ1) is 7.95. The van der Waals surface area contributed by atoms with Crippen molar-refractivity contribution >= 4 is 21.8 Å². The van der Waals surface area contributed by atoms with Gasteiger partial charge < -0.3 is 5.73 Å². The number of nitrogens with two attached hydrogens (primary N) is 1. The summed E-state index contributed by atoms with van der Waals surface area (Å²) in [4.78, 5) is 10.4. The molecule has 0 aliphatic carbocycles. The molecule has 0 bridgehead atoms. The molecule has 1 atom stereocenters. The van der Waals surface area contributed by atoms with Gasteiger partial charge in [0.15, 0.2) is 0 Å². The van der Waals surface area contributed by atoms with E-state index in [0.29, 0.717) is 0 Å². The van der Waals surface area contributed by atoms with Crippen LogP contribution in [0, 0.1) is 0 Å². The molecule has 0 aliphatic heterocycles. The molecule has 0 rings (SSSR count). The van der Waals surface area contributed by atoms with E-state index in [4.69, 9.17) is 5.73 Å². The van der Waals surface area contributed by atoms with Gasteiger partial charge >= 0.3 is 0 Å². The third-order valence-electron chi connectivity index (χ3n) is 1.18. The highest BCUT2D eigenvalue weighted by atomic mass is 79.9. The van der Waals surface area contributed by atoms with Gasteiger partial charge in [-0.3, -0.25) is 4.79 Å². The van der Waals surface area contributed by atoms with Crippen LogP contribution in [-0.2, 0) is 4.79 Å². The molecule has 2 nitrogen and oxygen atoms in total. The number of alkyl halides is 1. The van der Waals surface area contributed by atoms with Crippen LogP contribution < -0.4 is 5.73 Å². The quantitative estimate of drug-likeness (QED) is 0.633. The Labute approximate surface area is 57.6 Å². The zero-order valence-electron chi connectivity index (χ0n) is 5.07. The summed E-state index contributed by atoms with van der Waals surface area (Å²) in [6.45, 7) is 3.66. The van der Waals surface area contributed by atoms with E-state index in [2.05, 4.69) is 15.9 Å². The van der Waals surface area contributed by atoms with Crippen LogP contribution in [0.4, 0.5) is 0 Å². The largest absolute Gasteiger partial charge is 0.368 e. The lowest BCUT2D eigenvalue weighted by atomic mass is 10.1. The summed E-state index contributed by atoms with van der Waals surface area (Å²) in [6, 6.07) is 0. The number of hydrogen-bond acceptors (Lipinski definition) is 1. The second-order valence-electron chi connectivity index (χ2n) is 1.92. The predicted molar refractivity (Wildman–Crippen MR) is 36.8 cm³/mol. The first-order chi connectivity index (χ1) is 3.50. The molecule has 0 saturated carbocycles. The lowest BCUT2D eigenvalue weighted by Crippen LogP contribution is -2.34. The Morgan fingerprint density at radius 1 is 1.88 bits per heavy atom. The fraction of sp³-hybridized carbons (Fsp3) is 0.800. The highest BCUT2D eigenvalue weighted by Crippen LogP contribution is 2.19. The first-order valence-corrected chi connectivity index (χ1v) is 3.29. The summed E-state index contributed by atoms with van der Waals surface area (Å²) in [5.41, 5.74) is 4.99. The zero-order chi connectivity index (χ0) is 6.78. The summed E-state index contributed by atoms with van der Waals surface area (Å²) < 4.78 is -0.507. The molecule has 8 heavy (non-hydrogen) atoms. The van der Waals surface area contributed by atoms with Crippen LogP contribution in [0.5, 0.6) is 0 Å². The smallest absolute Gasteiger partial charge is 0.234 e. The minimum atomic E-state index is -0.507. The zero-order valence-corrected chi connectivity index (χ0v) is 6.66. The number of rotatable bonds is 2. The maximum absolute atomic E-state index is 10.4. The Balaban J connectivity index is 3.91. The molecule has 0 saturated heterocycles. The standard InChI is InChI=1S/C5H10BrNO/c1-3-5(2,6)4(7)8/h3H2,1-2H3,(H2,7,8). The van der Waals surface area contributed by atoms with Gasteiger partial charge in [-0.25, -0.2) is 0 Å². The van der Waals surface area contributed by atoms with Gasteiger partial charge in [-0.1, -0.05) is 22.9 Å². The van der Waals surface area contributed by atoms with Gasteiger partial charge in [-0.2, -0.15) is 0 Å². The van der Waals surface area contributed by atoms with E-state index in [9.17, 15) is 4.79 Å². The lowest BCUT2D eigenvalue weighted by Gasteiger charge is -2.13. The summed E-state index contributed by atoms with van der Waals surface area (Å²) in [6.07, 6.45) is 0.725. The molecule has 0 fully saturated rings. The summed E-state index contributed by atoms with van der Waals surface area (Å²) >= 11 is 3.17. The van der Waals surface area contributed by atoms with Crippen LogP contribution in [0.15, 0.2) is 0 Å². The molecular weight excluding hydrogens is 170 g/mol. The molecule has 0 aromatic carbocycles. The van der Waals surface area contributed by atoms with Crippen molar-refractivity contribution in [1.82, 2.24) is 0 Å². The monoisotopic (exact) mass is 179 g/mol. The molecule has 2 N–H and O–H groups in total. The van der Waals surface area contributed by atoms with Gasteiger partial charge in [0.25, 0.3) is 0 Å². The molecule has 48 valence electrons. The summed E-state index contributed by atoms with van der Waals surface area (Å²) in [7, 11) is 0. The minimum Gasteiger partial charge on any atom is -0.368 e. The van der Waals surface area contributed by atoms with Crippen molar-refractivity contribution in [2.75, 3.05) is 0 Å². The van der Waals surface area contributed by atoms with Crippen molar-refractivity contribution in [2.24, 2.45) is 5.73 Å². The average Bonchev–Trinajstić information content (AvgIpc) is 1.67. The number of hydrogen-bond donors (Lipinski definition) is 1. The van der Waals surface area contributed by atoms with Crippen LogP contribution in [0.1, 0.15) is 20.3 Å². The highest BCUT2D eigenvalue weighted by Gasteiger charge is 2.23. The molecule has 1 amide bonds. The second kappa shape index (κ2) is 2.49. The Morgan fingerprint density at radius 3 is 2.25 bits per heavy atom. The first-order valence-electron chi connectivity index (χ1n) is 2.49. The van der Waals surface area contributed by atoms with E-state index in [1.54, 1.807) is 6.92 Å². The van der Waals surface area contributed by atoms with Gasteiger partial charge in [0, 0.05) is 0 Å². The van der Waals surface area contributed by atoms with E-state index >= 15 is 0 Å². The van der Waals surface area contributed by atoms with E-state index in [1.807, 2.05) is 6.92 Å². The molecular formula is C5H10BrNO. The van der Waals surface area contributed by atoms with Gasteiger partial charge in [0.05, 0.1) is 0 Å². The van der Waals surface area contributed by atoms with Crippen LogP contribution in [0.2, 0.25) is 0 Å². The fourth-order valence-corrected chi connectivity index (χ4v) is 0.174. The molecule has 1 unspecified atom stereocenters. The van der Waals surface area contributed by atoms with Gasteiger partial charge in [0.2, 0.25) is 5.91 Å². The fourth-order valence-electron chi connectivity index (χ4n) is 0.174. The van der Waals surface area contributed by atoms with Gasteiger partial charge in [0.1, 0.15) is 4.32 Å². The Hall–Kier alpha value is -0.0500. The van der Waals surface area contributed by atoms with Crippen LogP contribution >= 0.6 is 15.9 Å². The number of primary amides is 1. The van der Waals surface area contributed by atoms with E-state index in [0.717, 1.165) is 6.42 Å². The second-order valence-corrected chi connectivity index (χ2v) is 3.67. The molecule has 0 aromatic heterocycles. The molecule has 0 spiro atoms. The number of amides is 1. The van der Waals surface area contributed by atoms with Crippen molar-refractivity contribution in [3.8, 4) is 0 Å². The Kier molecular flexibility index (Phi) is 2.47. The molecule has 0 aromatic rings. The van der Waals surface area contributed by atoms with E-state index in [1.165, 1.54) is 0 Å². The van der Waals surface area contributed by atoms with E-state index in [-0.39, 0.29) is 5.91 Å². The Morgan fingerprint density at radius 2 is 2.25 bits per heavy atom. The number of carbonyl (C=O) groups is 1. The van der Waals surface area contributed by atoms with Crippen LogP contribution in [0.3, 0.4) is 0 Å². The number of carbonyl (C=O) groups excluding carboxylic acids is 1. The Bertz CT molecular complexity index is 101. The summed E-state index contributed by atoms with van der Waals surface area (Å²) in [5, 5.41) is 0. The predicted octanol–water partition coefficient (Wildman–Crippen LogP) is 1.04. The van der Waals surface area contributed by atoms with E-state index < -0.39 is 4.32 Å². The third kappa shape index (κ3) is 1.82. The average molecular weight is 180 g/mol. The van der Waals surface area contributed by atoms with Crippen molar-refractivity contribution in [3.63, 3.8) is 0 Å². The third-order valence-corrected chi connectivity index (χ3v) is 2.13. The van der Waals surface area contributed by atoms with Gasteiger partial charge in [-0.15, -0.1) is 0 Å². The topological polar surface area (TPSA) is 43.1 Å².